The van der Waals surface area contributed by atoms with Gasteiger partial charge in [0.05, 0.1) is 10.2 Å². The molecule has 1 aromatic carbocycles. The molecule has 0 atom stereocenters. The van der Waals surface area contributed by atoms with Gasteiger partial charge in [-0.1, -0.05) is 12.1 Å². The van der Waals surface area contributed by atoms with Gasteiger partial charge in [-0.25, -0.2) is 9.97 Å². The standard InChI is InChI=1S/C19H19N5OS2/c25-18-11-14(20-19-24(18)9-10-26-19)12-22-5-7-23(8-6-22)13-17-21-15-3-1-2-4-16(15)27-17/h1-4,9-11H,5-8,12-13H2/p+2. The molecular weight excluding hydrogens is 378 g/mol. The Bertz CT molecular complexity index is 1110. The van der Waals surface area contributed by atoms with Crippen LogP contribution in [0.2, 0.25) is 0 Å². The topological polar surface area (TPSA) is 56.1 Å². The monoisotopic (exact) mass is 399 g/mol. The molecule has 1 aliphatic heterocycles. The van der Waals surface area contributed by atoms with Crippen molar-refractivity contribution in [1.82, 2.24) is 14.4 Å². The summed E-state index contributed by atoms with van der Waals surface area (Å²) in [7, 11) is 0. The molecule has 6 nitrogen and oxygen atoms in total. The summed E-state index contributed by atoms with van der Waals surface area (Å²) in [6, 6.07) is 10.1. The van der Waals surface area contributed by atoms with Crippen LogP contribution in [0, 0.1) is 0 Å². The van der Waals surface area contributed by atoms with Crippen molar-refractivity contribution in [3.8, 4) is 0 Å². The van der Waals surface area contributed by atoms with E-state index in [1.807, 2.05) is 22.8 Å². The van der Waals surface area contributed by atoms with Crippen LogP contribution in [0.25, 0.3) is 15.2 Å². The van der Waals surface area contributed by atoms with Gasteiger partial charge < -0.3 is 9.80 Å². The zero-order valence-corrected chi connectivity index (χ0v) is 16.5. The second kappa shape index (κ2) is 7.12. The van der Waals surface area contributed by atoms with E-state index in [0.717, 1.165) is 55.4 Å². The number of thiazole rings is 2. The predicted molar refractivity (Wildman–Crippen MR) is 108 cm³/mol. The number of nitrogens with zero attached hydrogens (tertiary/aromatic N) is 3. The Morgan fingerprint density at radius 3 is 2.63 bits per heavy atom. The molecule has 0 radical (unpaired) electrons. The van der Waals surface area contributed by atoms with Gasteiger partial charge in [0.2, 0.25) is 0 Å². The van der Waals surface area contributed by atoms with Gasteiger partial charge in [-0.2, -0.15) is 0 Å². The van der Waals surface area contributed by atoms with Gasteiger partial charge >= 0.3 is 0 Å². The highest BCUT2D eigenvalue weighted by Gasteiger charge is 2.24. The minimum Gasteiger partial charge on any atom is -0.321 e. The fourth-order valence-electron chi connectivity index (χ4n) is 3.75. The first-order chi connectivity index (χ1) is 13.2. The van der Waals surface area contributed by atoms with Crippen LogP contribution in [-0.2, 0) is 13.1 Å². The molecule has 0 spiro atoms. The Balaban J connectivity index is 1.21. The van der Waals surface area contributed by atoms with Crippen molar-refractivity contribution in [3.05, 3.63) is 63.0 Å². The highest BCUT2D eigenvalue weighted by atomic mass is 32.1. The molecule has 27 heavy (non-hydrogen) atoms. The van der Waals surface area contributed by atoms with E-state index >= 15 is 0 Å². The molecule has 4 aromatic rings. The number of hydrogen-bond acceptors (Lipinski definition) is 5. The summed E-state index contributed by atoms with van der Waals surface area (Å²) in [5.41, 5.74) is 2.05. The summed E-state index contributed by atoms with van der Waals surface area (Å²) >= 11 is 3.33. The molecule has 0 amide bonds. The van der Waals surface area contributed by atoms with Crippen molar-refractivity contribution in [2.45, 2.75) is 13.1 Å². The summed E-state index contributed by atoms with van der Waals surface area (Å²) in [4.78, 5) is 25.5. The number of fused-ring (bicyclic) bond motifs is 2. The van der Waals surface area contributed by atoms with Gasteiger partial charge in [-0.05, 0) is 12.1 Å². The van der Waals surface area contributed by atoms with Crippen molar-refractivity contribution >= 4 is 37.9 Å². The van der Waals surface area contributed by atoms with E-state index in [2.05, 4.69) is 23.2 Å². The maximum absolute atomic E-state index is 12.1. The zero-order valence-electron chi connectivity index (χ0n) is 14.9. The van der Waals surface area contributed by atoms with Gasteiger partial charge in [-0.15, -0.1) is 22.7 Å². The number of para-hydroxylation sites is 1. The molecule has 2 N–H and O–H groups in total. The molecule has 1 aliphatic rings. The second-order valence-corrected chi connectivity index (χ2v) is 9.06. The quantitative estimate of drug-likeness (QED) is 0.502. The lowest BCUT2D eigenvalue weighted by Crippen LogP contribution is -3.27. The second-order valence-electron chi connectivity index (χ2n) is 7.07. The molecule has 1 fully saturated rings. The smallest absolute Gasteiger partial charge is 0.258 e. The lowest BCUT2D eigenvalue weighted by Gasteiger charge is -2.29. The number of piperazine rings is 1. The molecule has 1 saturated heterocycles. The molecule has 0 saturated carbocycles. The summed E-state index contributed by atoms with van der Waals surface area (Å²) in [6.45, 7) is 6.31. The SMILES string of the molecule is O=c1cc(C[NH+]2CC[NH+](Cc3nc4ccccc4s3)CC2)nc2sccn12. The first kappa shape index (κ1) is 17.0. The van der Waals surface area contributed by atoms with E-state index in [1.54, 1.807) is 21.6 Å². The number of nitrogens with one attached hydrogen (secondary N) is 2. The Kier molecular flexibility index (Phi) is 4.48. The van der Waals surface area contributed by atoms with Crippen molar-refractivity contribution in [3.63, 3.8) is 0 Å². The predicted octanol–water partition coefficient (Wildman–Crippen LogP) is -0.151. The molecular formula is C19H21N5OS2+2. The Labute approximate surface area is 164 Å². The van der Waals surface area contributed by atoms with Crippen LogP contribution in [0.1, 0.15) is 10.7 Å². The fourth-order valence-corrected chi connectivity index (χ4v) is 5.53. The lowest BCUT2D eigenvalue weighted by molar-refractivity contribution is -1.02. The third-order valence-electron chi connectivity index (χ3n) is 5.19. The van der Waals surface area contributed by atoms with Crippen LogP contribution in [0.3, 0.4) is 0 Å². The fraction of sp³-hybridized carbons (Fsp3) is 0.316. The molecule has 0 aliphatic carbocycles. The highest BCUT2D eigenvalue weighted by molar-refractivity contribution is 7.18. The first-order valence-electron chi connectivity index (χ1n) is 9.22. The number of hydrogen-bond donors (Lipinski definition) is 2. The third-order valence-corrected chi connectivity index (χ3v) is 6.98. The van der Waals surface area contributed by atoms with Crippen LogP contribution < -0.4 is 15.4 Å². The molecule has 8 heteroatoms. The molecule has 138 valence electrons. The maximum Gasteiger partial charge on any atom is 0.258 e. The van der Waals surface area contributed by atoms with Crippen molar-refractivity contribution in [2.24, 2.45) is 0 Å². The average molecular weight is 400 g/mol. The van der Waals surface area contributed by atoms with Gasteiger partial charge in [-0.3, -0.25) is 9.20 Å². The maximum atomic E-state index is 12.1. The van der Waals surface area contributed by atoms with E-state index in [9.17, 15) is 4.79 Å². The Morgan fingerprint density at radius 1 is 1.04 bits per heavy atom. The van der Waals surface area contributed by atoms with E-state index in [0.29, 0.717) is 0 Å². The van der Waals surface area contributed by atoms with E-state index in [4.69, 9.17) is 4.98 Å². The minimum atomic E-state index is 0.0238. The molecule has 3 aromatic heterocycles. The number of rotatable bonds is 4. The van der Waals surface area contributed by atoms with Crippen LogP contribution in [0.15, 0.2) is 46.7 Å². The molecule has 4 heterocycles. The largest absolute Gasteiger partial charge is 0.321 e. The van der Waals surface area contributed by atoms with Crippen LogP contribution in [0.4, 0.5) is 0 Å². The number of benzene rings is 1. The minimum absolute atomic E-state index is 0.0238. The van der Waals surface area contributed by atoms with Crippen LogP contribution >= 0.6 is 22.7 Å². The summed E-state index contributed by atoms with van der Waals surface area (Å²) in [5, 5.41) is 3.14. The normalized spacial score (nSPS) is 20.4. The van der Waals surface area contributed by atoms with Gasteiger partial charge in [0.15, 0.2) is 4.96 Å². The van der Waals surface area contributed by atoms with E-state index < -0.39 is 0 Å². The summed E-state index contributed by atoms with van der Waals surface area (Å²) < 4.78 is 2.89. The first-order valence-corrected chi connectivity index (χ1v) is 10.9. The zero-order chi connectivity index (χ0) is 18.2. The lowest BCUT2D eigenvalue weighted by atomic mass is 10.3. The summed E-state index contributed by atoms with van der Waals surface area (Å²) in [5.74, 6) is 0. The third kappa shape index (κ3) is 3.53. The van der Waals surface area contributed by atoms with Gasteiger partial charge in [0.1, 0.15) is 50.0 Å². The highest BCUT2D eigenvalue weighted by Crippen LogP contribution is 2.20. The van der Waals surface area contributed by atoms with Gasteiger partial charge in [0, 0.05) is 17.6 Å². The van der Waals surface area contributed by atoms with Crippen molar-refractivity contribution in [1.29, 1.82) is 0 Å². The Morgan fingerprint density at radius 2 is 1.81 bits per heavy atom. The summed E-state index contributed by atoms with van der Waals surface area (Å²) in [6.07, 6.45) is 1.79. The van der Waals surface area contributed by atoms with Crippen molar-refractivity contribution < 1.29 is 9.80 Å². The number of quaternary nitrogens is 2. The van der Waals surface area contributed by atoms with Crippen LogP contribution in [-0.4, -0.2) is 40.5 Å². The Hall–Kier alpha value is -2.13. The van der Waals surface area contributed by atoms with E-state index in [-0.39, 0.29) is 5.56 Å². The van der Waals surface area contributed by atoms with Crippen LogP contribution in [0.5, 0.6) is 0 Å². The number of aromatic nitrogens is 3. The average Bonchev–Trinajstić information content (AvgIpc) is 3.29. The molecule has 0 unspecified atom stereocenters. The van der Waals surface area contributed by atoms with Crippen molar-refractivity contribution in [2.75, 3.05) is 26.2 Å². The van der Waals surface area contributed by atoms with Gasteiger partial charge in [0.25, 0.3) is 5.56 Å². The molecule has 5 rings (SSSR count). The molecule has 0 bridgehead atoms. The van der Waals surface area contributed by atoms with E-state index in [1.165, 1.54) is 25.9 Å².